The van der Waals surface area contributed by atoms with E-state index in [9.17, 15) is 4.79 Å². The maximum Gasteiger partial charge on any atom is 0.328 e. The summed E-state index contributed by atoms with van der Waals surface area (Å²) in [7, 11) is 0. The molecule has 4 heteroatoms. The van der Waals surface area contributed by atoms with Gasteiger partial charge in [0, 0.05) is 16.1 Å². The molecular formula is C15H17BrO3. The molecule has 0 aliphatic rings. The van der Waals surface area contributed by atoms with Gasteiger partial charge in [-0.2, -0.15) is 0 Å². The van der Waals surface area contributed by atoms with E-state index in [0.717, 1.165) is 21.7 Å². The summed E-state index contributed by atoms with van der Waals surface area (Å²) in [5, 5.41) is 8.70. The third-order valence-electron chi connectivity index (χ3n) is 2.39. The van der Waals surface area contributed by atoms with Crippen LogP contribution >= 0.6 is 15.9 Å². The minimum Gasteiger partial charge on any atom is -0.489 e. The van der Waals surface area contributed by atoms with Gasteiger partial charge in [-0.15, -0.1) is 0 Å². The maximum absolute atomic E-state index is 10.6. The van der Waals surface area contributed by atoms with Gasteiger partial charge in [-0.05, 0) is 50.6 Å². The first kappa shape index (κ1) is 15.5. The van der Waals surface area contributed by atoms with E-state index < -0.39 is 5.97 Å². The van der Waals surface area contributed by atoms with Crippen molar-refractivity contribution in [1.29, 1.82) is 0 Å². The Bertz CT molecular complexity index is 526. The lowest BCUT2D eigenvalue weighted by atomic mass is 10.1. The first-order chi connectivity index (χ1) is 8.90. The third kappa shape index (κ3) is 5.30. The largest absolute Gasteiger partial charge is 0.489 e. The molecule has 0 spiro atoms. The van der Waals surface area contributed by atoms with Gasteiger partial charge in [-0.3, -0.25) is 0 Å². The van der Waals surface area contributed by atoms with Gasteiger partial charge >= 0.3 is 5.97 Å². The van der Waals surface area contributed by atoms with Gasteiger partial charge in [-0.25, -0.2) is 4.79 Å². The lowest BCUT2D eigenvalue weighted by Gasteiger charge is -2.12. The minimum atomic E-state index is -0.979. The molecule has 0 saturated carbocycles. The zero-order chi connectivity index (χ0) is 14.4. The van der Waals surface area contributed by atoms with Crippen LogP contribution in [0.2, 0.25) is 0 Å². The molecule has 0 saturated heterocycles. The topological polar surface area (TPSA) is 46.5 Å². The summed E-state index contributed by atoms with van der Waals surface area (Å²) in [6.07, 6.45) is 4.62. The Labute approximate surface area is 121 Å². The van der Waals surface area contributed by atoms with E-state index in [1.54, 1.807) is 0 Å². The Morgan fingerprint density at radius 1 is 1.42 bits per heavy atom. The summed E-state index contributed by atoms with van der Waals surface area (Å²) in [5.41, 5.74) is 2.88. The molecule has 0 aliphatic carbocycles. The van der Waals surface area contributed by atoms with Crippen LogP contribution in [0.5, 0.6) is 5.75 Å². The van der Waals surface area contributed by atoms with Gasteiger partial charge in [0.05, 0.1) is 0 Å². The van der Waals surface area contributed by atoms with Crippen molar-refractivity contribution in [2.45, 2.75) is 20.8 Å². The van der Waals surface area contributed by atoms with Crippen molar-refractivity contribution in [3.05, 3.63) is 45.5 Å². The van der Waals surface area contributed by atoms with Crippen LogP contribution in [0.15, 0.2) is 34.3 Å². The number of aliphatic carboxylic acids is 1. The number of benzene rings is 1. The molecular weight excluding hydrogens is 308 g/mol. The van der Waals surface area contributed by atoms with Gasteiger partial charge in [0.2, 0.25) is 0 Å². The fourth-order valence-corrected chi connectivity index (χ4v) is 2.12. The van der Waals surface area contributed by atoms with Crippen molar-refractivity contribution in [3.8, 4) is 5.75 Å². The number of hydrogen-bond donors (Lipinski definition) is 1. The number of hydrogen-bond acceptors (Lipinski definition) is 2. The van der Waals surface area contributed by atoms with Crippen LogP contribution in [0.3, 0.4) is 0 Å². The summed E-state index contributed by atoms with van der Waals surface area (Å²) < 4.78 is 6.62. The molecule has 0 radical (unpaired) electrons. The van der Waals surface area contributed by atoms with E-state index in [2.05, 4.69) is 15.9 Å². The molecule has 0 bridgehead atoms. The molecule has 0 fully saturated rings. The average Bonchev–Trinajstić information content (AvgIpc) is 2.28. The van der Waals surface area contributed by atoms with Crippen molar-refractivity contribution in [2.24, 2.45) is 0 Å². The molecule has 1 N–H and O–H groups in total. The van der Waals surface area contributed by atoms with Crippen molar-refractivity contribution in [2.75, 3.05) is 6.61 Å². The van der Waals surface area contributed by atoms with Crippen LogP contribution in [-0.2, 0) is 4.79 Å². The highest BCUT2D eigenvalue weighted by molar-refractivity contribution is 9.10. The van der Waals surface area contributed by atoms with Crippen molar-refractivity contribution < 1.29 is 14.6 Å². The standard InChI is InChI=1S/C15H17BrO3/c1-10(2)6-7-19-15-11(3)8-13(16)9-12(15)4-5-14(17)18/h4-6,8-9H,7H2,1-3H3,(H,17,18)/b5-4+. The molecule has 102 valence electrons. The van der Waals surface area contributed by atoms with Crippen LogP contribution in [0.4, 0.5) is 0 Å². The molecule has 1 aromatic rings. The van der Waals surface area contributed by atoms with Gasteiger partial charge in [-0.1, -0.05) is 21.5 Å². The van der Waals surface area contributed by atoms with Crippen LogP contribution in [0.25, 0.3) is 6.08 Å². The van der Waals surface area contributed by atoms with Crippen molar-refractivity contribution in [3.63, 3.8) is 0 Å². The highest BCUT2D eigenvalue weighted by Crippen LogP contribution is 2.29. The van der Waals surface area contributed by atoms with Crippen LogP contribution < -0.4 is 4.74 Å². The Kier molecular flexibility index (Phi) is 5.83. The van der Waals surface area contributed by atoms with E-state index in [0.29, 0.717) is 12.4 Å². The van der Waals surface area contributed by atoms with Crippen LogP contribution in [-0.4, -0.2) is 17.7 Å². The average molecular weight is 325 g/mol. The molecule has 19 heavy (non-hydrogen) atoms. The number of carboxylic acid groups (broad SMARTS) is 1. The minimum absolute atomic E-state index is 0.471. The highest BCUT2D eigenvalue weighted by Gasteiger charge is 2.07. The monoisotopic (exact) mass is 324 g/mol. The molecule has 0 aliphatic heterocycles. The lowest BCUT2D eigenvalue weighted by molar-refractivity contribution is -0.131. The molecule has 0 heterocycles. The Balaban J connectivity index is 3.06. The van der Waals surface area contributed by atoms with Crippen molar-refractivity contribution >= 4 is 28.0 Å². The number of carbonyl (C=O) groups is 1. The summed E-state index contributed by atoms with van der Waals surface area (Å²) in [4.78, 5) is 10.6. The fraction of sp³-hybridized carbons (Fsp3) is 0.267. The summed E-state index contributed by atoms with van der Waals surface area (Å²) in [5.74, 6) is -0.272. The van der Waals surface area contributed by atoms with Gasteiger partial charge < -0.3 is 9.84 Å². The lowest BCUT2D eigenvalue weighted by Crippen LogP contribution is -1.99. The molecule has 3 nitrogen and oxygen atoms in total. The zero-order valence-corrected chi connectivity index (χ0v) is 12.8. The van der Waals surface area contributed by atoms with Crippen LogP contribution in [0.1, 0.15) is 25.0 Å². The molecule has 0 amide bonds. The second kappa shape index (κ2) is 7.14. The highest BCUT2D eigenvalue weighted by atomic mass is 79.9. The Morgan fingerprint density at radius 3 is 2.68 bits per heavy atom. The van der Waals surface area contributed by atoms with Crippen molar-refractivity contribution in [1.82, 2.24) is 0 Å². The summed E-state index contributed by atoms with van der Waals surface area (Å²) in [6, 6.07) is 3.78. The zero-order valence-electron chi connectivity index (χ0n) is 11.2. The molecule has 0 unspecified atom stereocenters. The predicted molar refractivity (Wildman–Crippen MR) is 80.5 cm³/mol. The number of aryl methyl sites for hydroxylation is 1. The second-order valence-electron chi connectivity index (χ2n) is 4.41. The molecule has 1 aromatic carbocycles. The number of rotatable bonds is 5. The quantitative estimate of drug-likeness (QED) is 0.652. The van der Waals surface area contributed by atoms with Gasteiger partial charge in [0.15, 0.2) is 0 Å². The number of ether oxygens (including phenoxy) is 1. The van der Waals surface area contributed by atoms with E-state index in [1.165, 1.54) is 11.6 Å². The Hall–Kier alpha value is -1.55. The third-order valence-corrected chi connectivity index (χ3v) is 2.85. The van der Waals surface area contributed by atoms with E-state index in [1.807, 2.05) is 39.0 Å². The first-order valence-electron chi connectivity index (χ1n) is 5.87. The number of carboxylic acids is 1. The predicted octanol–water partition coefficient (Wildman–Crippen LogP) is 4.20. The van der Waals surface area contributed by atoms with Crippen LogP contribution in [0, 0.1) is 6.92 Å². The number of allylic oxidation sites excluding steroid dienone is 1. The van der Waals surface area contributed by atoms with E-state index >= 15 is 0 Å². The normalized spacial score (nSPS) is 10.5. The molecule has 1 rings (SSSR count). The van der Waals surface area contributed by atoms with E-state index in [4.69, 9.17) is 9.84 Å². The van der Waals surface area contributed by atoms with Gasteiger partial charge in [0.1, 0.15) is 12.4 Å². The maximum atomic E-state index is 10.6. The SMILES string of the molecule is CC(C)=CCOc1c(C)cc(Br)cc1/C=C/C(=O)O. The Morgan fingerprint density at radius 2 is 2.11 bits per heavy atom. The number of halogens is 1. The second-order valence-corrected chi connectivity index (χ2v) is 5.32. The van der Waals surface area contributed by atoms with Gasteiger partial charge in [0.25, 0.3) is 0 Å². The fourth-order valence-electron chi connectivity index (χ4n) is 1.53. The smallest absolute Gasteiger partial charge is 0.328 e. The van der Waals surface area contributed by atoms with E-state index in [-0.39, 0.29) is 0 Å². The molecule has 0 atom stereocenters. The first-order valence-corrected chi connectivity index (χ1v) is 6.66. The molecule has 0 aromatic heterocycles. The summed E-state index contributed by atoms with van der Waals surface area (Å²) in [6.45, 7) is 6.41. The summed E-state index contributed by atoms with van der Waals surface area (Å²) >= 11 is 3.40.